The molecule has 0 unspecified atom stereocenters. The largest absolute Gasteiger partial charge is 0.452 e. The van der Waals surface area contributed by atoms with Crippen LogP contribution in [-0.4, -0.2) is 4.98 Å². The molecule has 4 aromatic carbocycles. The maximum atomic E-state index is 6.36. The number of furan rings is 2. The molecule has 0 saturated heterocycles. The third kappa shape index (κ3) is 2.45. The van der Waals surface area contributed by atoms with Crippen molar-refractivity contribution in [2.24, 2.45) is 0 Å². The predicted molar refractivity (Wildman–Crippen MR) is 130 cm³/mol. The van der Waals surface area contributed by atoms with Gasteiger partial charge in [-0.25, -0.2) is 0 Å². The number of hydrogen-bond acceptors (Lipinski definition) is 3. The number of pyridine rings is 1. The summed E-state index contributed by atoms with van der Waals surface area (Å²) < 4.78 is 12.6. The molecule has 0 saturated carbocycles. The molecule has 3 nitrogen and oxygen atoms in total. The Hall–Kier alpha value is -4.37. The lowest BCUT2D eigenvalue weighted by atomic mass is 9.98. The van der Waals surface area contributed by atoms with Crippen LogP contribution in [0.2, 0.25) is 0 Å². The molecule has 0 bridgehead atoms. The average molecular weight is 411 g/mol. The quantitative estimate of drug-likeness (QED) is 0.288. The Labute approximate surface area is 183 Å². The molecule has 7 rings (SSSR count). The lowest BCUT2D eigenvalue weighted by Crippen LogP contribution is -1.86. The van der Waals surface area contributed by atoms with E-state index >= 15 is 0 Å². The molecule has 32 heavy (non-hydrogen) atoms. The number of para-hydroxylation sites is 1. The highest BCUT2D eigenvalue weighted by molar-refractivity contribution is 6.21. The summed E-state index contributed by atoms with van der Waals surface area (Å²) in [5, 5.41) is 4.32. The minimum atomic E-state index is 0.790. The molecule has 0 radical (unpaired) electrons. The van der Waals surface area contributed by atoms with E-state index in [0.717, 1.165) is 66.3 Å². The molecule has 3 heterocycles. The summed E-state index contributed by atoms with van der Waals surface area (Å²) in [4.78, 5) is 4.59. The van der Waals surface area contributed by atoms with E-state index in [1.807, 2.05) is 54.7 Å². The van der Waals surface area contributed by atoms with Gasteiger partial charge in [0.15, 0.2) is 11.2 Å². The lowest BCUT2D eigenvalue weighted by molar-refractivity contribution is 0.633. The molecule has 0 amide bonds. The van der Waals surface area contributed by atoms with Crippen molar-refractivity contribution in [3.63, 3.8) is 0 Å². The highest BCUT2D eigenvalue weighted by atomic mass is 16.4. The van der Waals surface area contributed by atoms with Crippen molar-refractivity contribution in [3.8, 4) is 22.4 Å². The van der Waals surface area contributed by atoms with Gasteiger partial charge >= 0.3 is 0 Å². The second kappa shape index (κ2) is 6.56. The second-order valence-corrected chi connectivity index (χ2v) is 7.99. The van der Waals surface area contributed by atoms with E-state index in [9.17, 15) is 0 Å². The normalized spacial score (nSPS) is 11.8. The van der Waals surface area contributed by atoms with Crippen molar-refractivity contribution in [1.29, 1.82) is 0 Å². The van der Waals surface area contributed by atoms with Gasteiger partial charge in [-0.3, -0.25) is 4.98 Å². The maximum Gasteiger partial charge on any atom is 0.178 e. The van der Waals surface area contributed by atoms with Crippen LogP contribution >= 0.6 is 0 Å². The van der Waals surface area contributed by atoms with Crippen LogP contribution in [-0.2, 0) is 0 Å². The van der Waals surface area contributed by atoms with E-state index in [0.29, 0.717) is 0 Å². The third-order valence-corrected chi connectivity index (χ3v) is 6.15. The highest BCUT2D eigenvalue weighted by Gasteiger charge is 2.18. The van der Waals surface area contributed by atoms with Crippen LogP contribution in [0, 0.1) is 0 Å². The van der Waals surface area contributed by atoms with Crippen molar-refractivity contribution in [2.75, 3.05) is 0 Å². The zero-order valence-electron chi connectivity index (χ0n) is 17.1. The first-order valence-electron chi connectivity index (χ1n) is 10.6. The Kier molecular flexibility index (Phi) is 3.55. The van der Waals surface area contributed by atoms with Gasteiger partial charge in [-0.05, 0) is 47.5 Å². The third-order valence-electron chi connectivity index (χ3n) is 6.15. The fourth-order valence-corrected chi connectivity index (χ4v) is 4.67. The van der Waals surface area contributed by atoms with E-state index in [1.165, 1.54) is 0 Å². The van der Waals surface area contributed by atoms with E-state index < -0.39 is 0 Å². The summed E-state index contributed by atoms with van der Waals surface area (Å²) in [5.74, 6) is 0. The van der Waals surface area contributed by atoms with Crippen molar-refractivity contribution in [3.05, 3.63) is 103 Å². The zero-order chi connectivity index (χ0) is 21.1. The Morgan fingerprint density at radius 2 is 1.28 bits per heavy atom. The molecule has 0 spiro atoms. The first-order valence-corrected chi connectivity index (χ1v) is 10.6. The lowest BCUT2D eigenvalue weighted by Gasteiger charge is -2.07. The first-order chi connectivity index (χ1) is 15.9. The average Bonchev–Trinajstić information content (AvgIpc) is 3.43. The van der Waals surface area contributed by atoms with Gasteiger partial charge in [-0.15, -0.1) is 0 Å². The van der Waals surface area contributed by atoms with Crippen LogP contribution in [0.15, 0.2) is 112 Å². The minimum Gasteiger partial charge on any atom is -0.452 e. The Morgan fingerprint density at radius 3 is 2.22 bits per heavy atom. The van der Waals surface area contributed by atoms with E-state index in [1.54, 1.807) is 0 Å². The Bertz CT molecular complexity index is 1770. The number of fused-ring (bicyclic) bond motifs is 7. The summed E-state index contributed by atoms with van der Waals surface area (Å²) in [6, 6.07) is 33.0. The van der Waals surface area contributed by atoms with Crippen LogP contribution in [0.5, 0.6) is 0 Å². The number of hydrogen-bond donors (Lipinski definition) is 0. The van der Waals surface area contributed by atoms with Gasteiger partial charge in [0.25, 0.3) is 0 Å². The van der Waals surface area contributed by atoms with Crippen LogP contribution in [0.3, 0.4) is 0 Å². The van der Waals surface area contributed by atoms with Crippen LogP contribution < -0.4 is 0 Å². The van der Waals surface area contributed by atoms with Gasteiger partial charge in [-0.2, -0.15) is 0 Å². The number of rotatable bonds is 2. The molecule has 0 aliphatic carbocycles. The molecule has 150 valence electrons. The number of nitrogens with zero attached hydrogens (tertiary/aromatic N) is 1. The molecule has 0 aliphatic heterocycles. The summed E-state index contributed by atoms with van der Waals surface area (Å²) >= 11 is 0. The summed E-state index contributed by atoms with van der Waals surface area (Å²) in [7, 11) is 0. The maximum absolute atomic E-state index is 6.36. The fourth-order valence-electron chi connectivity index (χ4n) is 4.67. The summed E-state index contributed by atoms with van der Waals surface area (Å²) in [5.41, 5.74) is 7.59. The zero-order valence-corrected chi connectivity index (χ0v) is 17.1. The van der Waals surface area contributed by atoms with Gasteiger partial charge in [0.2, 0.25) is 0 Å². The number of aromatic nitrogens is 1. The molecule has 0 atom stereocenters. The van der Waals surface area contributed by atoms with Crippen molar-refractivity contribution in [2.45, 2.75) is 0 Å². The van der Waals surface area contributed by atoms with Crippen molar-refractivity contribution in [1.82, 2.24) is 4.98 Å². The molecule has 0 fully saturated rings. The monoisotopic (exact) mass is 411 g/mol. The van der Waals surface area contributed by atoms with Gasteiger partial charge in [-0.1, -0.05) is 60.7 Å². The van der Waals surface area contributed by atoms with Gasteiger partial charge in [0.05, 0.1) is 5.69 Å². The smallest absolute Gasteiger partial charge is 0.178 e. The summed E-state index contributed by atoms with van der Waals surface area (Å²) in [6.07, 6.45) is 1.87. The van der Waals surface area contributed by atoms with E-state index in [2.05, 4.69) is 53.5 Å². The van der Waals surface area contributed by atoms with Crippen LogP contribution in [0.25, 0.3) is 66.3 Å². The second-order valence-electron chi connectivity index (χ2n) is 7.99. The van der Waals surface area contributed by atoms with Gasteiger partial charge in [0, 0.05) is 33.3 Å². The van der Waals surface area contributed by atoms with Gasteiger partial charge < -0.3 is 8.83 Å². The predicted octanol–water partition coefficient (Wildman–Crippen LogP) is 8.21. The first kappa shape index (κ1) is 17.3. The molecular weight excluding hydrogens is 394 g/mol. The van der Waals surface area contributed by atoms with Crippen molar-refractivity contribution < 1.29 is 8.83 Å². The summed E-state index contributed by atoms with van der Waals surface area (Å²) in [6.45, 7) is 0. The molecule has 7 aromatic rings. The molecule has 3 aromatic heterocycles. The molecular formula is C29H17NO2. The van der Waals surface area contributed by atoms with E-state index in [-0.39, 0.29) is 0 Å². The Morgan fingerprint density at radius 1 is 0.531 bits per heavy atom. The molecule has 3 heteroatoms. The molecule has 0 N–H and O–H groups in total. The van der Waals surface area contributed by atoms with Gasteiger partial charge in [0.1, 0.15) is 11.2 Å². The standard InChI is InChI=1S/C29H17NO2/c1-2-7-18(8-3-1)24-17-19(15-16-30-24)20-10-6-12-26-27(20)23-14-13-22-21-9-4-5-11-25(21)31-28(22)29(23)32-26/h1-17H. The fraction of sp³-hybridized carbons (Fsp3) is 0. The Balaban J connectivity index is 1.51. The minimum absolute atomic E-state index is 0.790. The van der Waals surface area contributed by atoms with Crippen LogP contribution in [0.1, 0.15) is 0 Å². The SMILES string of the molecule is c1ccc(-c2cc(-c3cccc4oc5c(ccc6c7ccccc7oc65)c34)ccn2)cc1. The van der Waals surface area contributed by atoms with E-state index in [4.69, 9.17) is 8.83 Å². The van der Waals surface area contributed by atoms with Crippen LogP contribution in [0.4, 0.5) is 0 Å². The molecule has 0 aliphatic rings. The van der Waals surface area contributed by atoms with Crippen molar-refractivity contribution >= 4 is 43.9 Å². The highest BCUT2D eigenvalue weighted by Crippen LogP contribution is 2.42. The number of benzene rings is 4. The topological polar surface area (TPSA) is 39.2 Å².